The highest BCUT2D eigenvalue weighted by Crippen LogP contribution is 2.30. The Morgan fingerprint density at radius 1 is 1.45 bits per heavy atom. The summed E-state index contributed by atoms with van der Waals surface area (Å²) in [5.41, 5.74) is 0.294. The van der Waals surface area contributed by atoms with Crippen LogP contribution in [0.2, 0.25) is 0 Å². The van der Waals surface area contributed by atoms with Crippen molar-refractivity contribution in [3.8, 4) is 5.75 Å². The fraction of sp³-hybridized carbons (Fsp3) is 0.500. The normalized spacial score (nSPS) is 14.8. The number of amides is 1. The molecule has 0 spiro atoms. The third kappa shape index (κ3) is 3.83. The van der Waals surface area contributed by atoms with E-state index in [1.54, 1.807) is 14.1 Å². The molecule has 7 nitrogen and oxygen atoms in total. The van der Waals surface area contributed by atoms with E-state index in [0.717, 1.165) is 19.1 Å². The molecule has 20 heavy (non-hydrogen) atoms. The van der Waals surface area contributed by atoms with E-state index in [1.165, 1.54) is 17.2 Å². The second kappa shape index (κ2) is 5.28. The van der Waals surface area contributed by atoms with Crippen LogP contribution in [0.4, 0.5) is 5.82 Å². The van der Waals surface area contributed by atoms with Gasteiger partial charge in [-0.05, 0) is 18.9 Å². The highest BCUT2D eigenvalue weighted by molar-refractivity contribution is 7.92. The first-order valence-electron chi connectivity index (χ1n) is 6.12. The van der Waals surface area contributed by atoms with E-state index in [-0.39, 0.29) is 17.8 Å². The predicted octanol–water partition coefficient (Wildman–Crippen LogP) is 0.696. The summed E-state index contributed by atoms with van der Waals surface area (Å²) in [5, 5.41) is 0. The number of hydrogen-bond donors (Lipinski definition) is 1. The highest BCUT2D eigenvalue weighted by atomic mass is 32.2. The van der Waals surface area contributed by atoms with Crippen molar-refractivity contribution in [1.29, 1.82) is 0 Å². The molecule has 0 aliphatic heterocycles. The van der Waals surface area contributed by atoms with Gasteiger partial charge in [0.25, 0.3) is 5.91 Å². The Morgan fingerprint density at radius 2 is 2.10 bits per heavy atom. The Labute approximate surface area is 118 Å². The lowest BCUT2D eigenvalue weighted by atomic mass is 10.2. The number of carbonyl (C=O) groups excluding carboxylic acids is 1. The molecule has 8 heteroatoms. The van der Waals surface area contributed by atoms with Crippen LogP contribution in [0, 0.1) is 0 Å². The first-order chi connectivity index (χ1) is 9.26. The van der Waals surface area contributed by atoms with E-state index in [9.17, 15) is 13.2 Å². The average Bonchev–Trinajstić information content (AvgIpc) is 3.12. The summed E-state index contributed by atoms with van der Waals surface area (Å²) >= 11 is 0. The number of ether oxygens (including phenoxy) is 1. The second-order valence-corrected chi connectivity index (χ2v) is 6.71. The Hall–Kier alpha value is -1.83. The maximum atomic E-state index is 12.1. The zero-order chi connectivity index (χ0) is 14.9. The molecule has 2 rings (SSSR count). The van der Waals surface area contributed by atoms with Gasteiger partial charge in [-0.15, -0.1) is 0 Å². The molecule has 1 heterocycles. The van der Waals surface area contributed by atoms with Gasteiger partial charge >= 0.3 is 0 Å². The summed E-state index contributed by atoms with van der Waals surface area (Å²) < 4.78 is 30.3. The molecule has 1 aliphatic carbocycles. The first-order valence-corrected chi connectivity index (χ1v) is 8.01. The van der Waals surface area contributed by atoms with Crippen LogP contribution in [-0.4, -0.2) is 50.7 Å². The van der Waals surface area contributed by atoms with Crippen LogP contribution in [-0.2, 0) is 10.0 Å². The van der Waals surface area contributed by atoms with Gasteiger partial charge in [-0.2, -0.15) is 0 Å². The summed E-state index contributed by atoms with van der Waals surface area (Å²) in [6.45, 7) is 0. The van der Waals surface area contributed by atoms with Crippen molar-refractivity contribution in [2.45, 2.75) is 18.9 Å². The van der Waals surface area contributed by atoms with Gasteiger partial charge in [0.2, 0.25) is 10.0 Å². The molecule has 1 aromatic heterocycles. The van der Waals surface area contributed by atoms with E-state index in [0.29, 0.717) is 11.3 Å². The number of sulfonamides is 1. The van der Waals surface area contributed by atoms with E-state index >= 15 is 0 Å². The number of anilines is 1. The van der Waals surface area contributed by atoms with Crippen LogP contribution in [0.5, 0.6) is 5.75 Å². The van der Waals surface area contributed by atoms with Gasteiger partial charge in [0.1, 0.15) is 5.82 Å². The molecule has 1 amide bonds. The van der Waals surface area contributed by atoms with Gasteiger partial charge in [-0.1, -0.05) is 0 Å². The zero-order valence-electron chi connectivity index (χ0n) is 11.6. The summed E-state index contributed by atoms with van der Waals surface area (Å²) in [7, 11) is -0.205. The SMILES string of the molecule is CN(C)C(=O)c1cc(NS(C)(=O)=O)ncc1OC1CC1. The largest absolute Gasteiger partial charge is 0.488 e. The Balaban J connectivity index is 2.35. The van der Waals surface area contributed by atoms with E-state index in [1.807, 2.05) is 0 Å². The maximum absolute atomic E-state index is 12.1. The number of nitrogens with one attached hydrogen (secondary N) is 1. The second-order valence-electron chi connectivity index (χ2n) is 4.96. The van der Waals surface area contributed by atoms with Crippen molar-refractivity contribution < 1.29 is 17.9 Å². The van der Waals surface area contributed by atoms with E-state index in [2.05, 4.69) is 9.71 Å². The molecule has 1 aliphatic rings. The molecule has 1 saturated carbocycles. The summed E-state index contributed by atoms with van der Waals surface area (Å²) in [4.78, 5) is 17.5. The Bertz CT molecular complexity index is 624. The Morgan fingerprint density at radius 3 is 2.60 bits per heavy atom. The van der Waals surface area contributed by atoms with Crippen molar-refractivity contribution >= 4 is 21.7 Å². The number of aromatic nitrogens is 1. The fourth-order valence-electron chi connectivity index (χ4n) is 1.56. The topological polar surface area (TPSA) is 88.6 Å². The van der Waals surface area contributed by atoms with Crippen LogP contribution < -0.4 is 9.46 Å². The molecule has 0 atom stereocenters. The molecule has 1 aromatic rings. The van der Waals surface area contributed by atoms with Crippen LogP contribution in [0.3, 0.4) is 0 Å². The predicted molar refractivity (Wildman–Crippen MR) is 74.4 cm³/mol. The molecule has 0 aromatic carbocycles. The van der Waals surface area contributed by atoms with E-state index in [4.69, 9.17) is 4.74 Å². The molecule has 1 fully saturated rings. The van der Waals surface area contributed by atoms with Crippen molar-refractivity contribution in [1.82, 2.24) is 9.88 Å². The number of hydrogen-bond acceptors (Lipinski definition) is 5. The van der Waals surface area contributed by atoms with Crippen LogP contribution in [0.1, 0.15) is 23.2 Å². The van der Waals surface area contributed by atoms with Gasteiger partial charge in [-0.25, -0.2) is 13.4 Å². The van der Waals surface area contributed by atoms with Crippen LogP contribution in [0.25, 0.3) is 0 Å². The van der Waals surface area contributed by atoms with E-state index < -0.39 is 10.0 Å². The average molecular weight is 299 g/mol. The molecule has 0 saturated heterocycles. The molecular formula is C12H17N3O4S. The lowest BCUT2D eigenvalue weighted by Gasteiger charge is -2.15. The third-order valence-electron chi connectivity index (χ3n) is 2.61. The smallest absolute Gasteiger partial charge is 0.257 e. The van der Waals surface area contributed by atoms with Crippen molar-refractivity contribution in [3.05, 3.63) is 17.8 Å². The zero-order valence-corrected chi connectivity index (χ0v) is 12.4. The minimum absolute atomic E-state index is 0.0980. The number of pyridine rings is 1. The monoisotopic (exact) mass is 299 g/mol. The maximum Gasteiger partial charge on any atom is 0.257 e. The number of rotatable bonds is 5. The molecule has 1 N–H and O–H groups in total. The molecule has 0 bridgehead atoms. The summed E-state index contributed by atoms with van der Waals surface area (Å²) in [5.74, 6) is 0.214. The Kier molecular flexibility index (Phi) is 3.85. The van der Waals surface area contributed by atoms with Crippen molar-refractivity contribution in [2.24, 2.45) is 0 Å². The van der Waals surface area contributed by atoms with Gasteiger partial charge in [0.05, 0.1) is 24.1 Å². The first kappa shape index (κ1) is 14.6. The van der Waals surface area contributed by atoms with Gasteiger partial charge in [0, 0.05) is 14.1 Å². The van der Waals surface area contributed by atoms with Gasteiger partial charge in [-0.3, -0.25) is 9.52 Å². The minimum atomic E-state index is -3.44. The number of carbonyl (C=O) groups is 1. The summed E-state index contributed by atoms with van der Waals surface area (Å²) in [6.07, 6.45) is 4.44. The molecular weight excluding hydrogens is 282 g/mol. The van der Waals surface area contributed by atoms with Crippen LogP contribution >= 0.6 is 0 Å². The van der Waals surface area contributed by atoms with Crippen molar-refractivity contribution in [2.75, 3.05) is 25.1 Å². The fourth-order valence-corrected chi connectivity index (χ4v) is 2.05. The third-order valence-corrected chi connectivity index (χ3v) is 3.19. The lowest BCUT2D eigenvalue weighted by molar-refractivity contribution is 0.0822. The quantitative estimate of drug-likeness (QED) is 0.864. The molecule has 110 valence electrons. The minimum Gasteiger partial charge on any atom is -0.488 e. The lowest BCUT2D eigenvalue weighted by Crippen LogP contribution is -2.23. The molecule has 0 radical (unpaired) electrons. The highest BCUT2D eigenvalue weighted by Gasteiger charge is 2.26. The van der Waals surface area contributed by atoms with Crippen LogP contribution in [0.15, 0.2) is 12.3 Å². The summed E-state index contributed by atoms with van der Waals surface area (Å²) in [6, 6.07) is 1.39. The van der Waals surface area contributed by atoms with Gasteiger partial charge < -0.3 is 9.64 Å². The molecule has 0 unspecified atom stereocenters. The van der Waals surface area contributed by atoms with Gasteiger partial charge in [0.15, 0.2) is 5.75 Å². The number of nitrogens with zero attached hydrogens (tertiary/aromatic N) is 2. The van der Waals surface area contributed by atoms with Crippen molar-refractivity contribution in [3.63, 3.8) is 0 Å². The standard InChI is InChI=1S/C12H17N3O4S/c1-15(2)12(16)9-6-11(14-20(3,17)18)13-7-10(9)19-8-4-5-8/h6-8H,4-5H2,1-3H3,(H,13,14).